The molecule has 0 spiro atoms. The zero-order chi connectivity index (χ0) is 21.6. The zero-order valence-corrected chi connectivity index (χ0v) is 19.3. The number of hydrogen-bond acceptors (Lipinski definition) is 3. The second kappa shape index (κ2) is 8.09. The van der Waals surface area contributed by atoms with E-state index in [0.717, 1.165) is 42.1 Å². The van der Waals surface area contributed by atoms with Gasteiger partial charge >= 0.3 is 0 Å². The van der Waals surface area contributed by atoms with E-state index in [4.69, 9.17) is 11.6 Å². The molecule has 0 unspecified atom stereocenters. The molecule has 1 atom stereocenters. The maximum absolute atomic E-state index is 11.7. The number of aldehydes is 1. The molecule has 0 aliphatic carbocycles. The molecule has 0 N–H and O–H groups in total. The van der Waals surface area contributed by atoms with Crippen LogP contribution in [0, 0.1) is 13.8 Å². The van der Waals surface area contributed by atoms with Crippen LogP contribution in [0.1, 0.15) is 23.7 Å². The van der Waals surface area contributed by atoms with Gasteiger partial charge in [0.15, 0.2) is 0 Å². The molecule has 2 heterocycles. The molecule has 1 aliphatic rings. The second-order valence-electron chi connectivity index (χ2n) is 8.71. The fourth-order valence-corrected chi connectivity index (χ4v) is 5.01. The number of carbonyl (C=O) groups is 1. The van der Waals surface area contributed by atoms with Crippen LogP contribution in [-0.4, -0.2) is 49.0 Å². The summed E-state index contributed by atoms with van der Waals surface area (Å²) in [5.41, 5.74) is 8.46. The van der Waals surface area contributed by atoms with Crippen LogP contribution in [0.15, 0.2) is 30.3 Å². The van der Waals surface area contributed by atoms with Gasteiger partial charge in [0.1, 0.15) is 6.29 Å². The lowest BCUT2D eigenvalue weighted by molar-refractivity contribution is -0.107. The van der Waals surface area contributed by atoms with Crippen molar-refractivity contribution in [2.45, 2.75) is 39.8 Å². The van der Waals surface area contributed by atoms with Crippen molar-refractivity contribution in [3.63, 3.8) is 0 Å². The molecule has 0 bridgehead atoms. The average Bonchev–Trinajstić information content (AvgIpc) is 3.02. The van der Waals surface area contributed by atoms with Gasteiger partial charge in [-0.3, -0.25) is 0 Å². The van der Waals surface area contributed by atoms with Crippen LogP contribution < -0.4 is 4.90 Å². The molecule has 5 heteroatoms. The van der Waals surface area contributed by atoms with Gasteiger partial charge in [0.2, 0.25) is 0 Å². The Hall–Kier alpha value is -2.30. The Kier molecular flexibility index (Phi) is 5.65. The van der Waals surface area contributed by atoms with Crippen molar-refractivity contribution in [1.29, 1.82) is 0 Å². The first kappa shape index (κ1) is 21.0. The summed E-state index contributed by atoms with van der Waals surface area (Å²) in [4.78, 5) is 16.5. The van der Waals surface area contributed by atoms with Crippen molar-refractivity contribution in [3.8, 4) is 11.1 Å². The lowest BCUT2D eigenvalue weighted by atomic mass is 9.88. The molecule has 0 saturated heterocycles. The van der Waals surface area contributed by atoms with Gasteiger partial charge in [0.25, 0.3) is 0 Å². The van der Waals surface area contributed by atoms with Crippen LogP contribution >= 0.6 is 11.6 Å². The summed E-state index contributed by atoms with van der Waals surface area (Å²) in [5.74, 6) is 0. The van der Waals surface area contributed by atoms with Gasteiger partial charge < -0.3 is 19.2 Å². The van der Waals surface area contributed by atoms with Crippen molar-refractivity contribution >= 4 is 34.5 Å². The minimum Gasteiger partial charge on any atom is -0.364 e. The van der Waals surface area contributed by atoms with Crippen LogP contribution in [0.25, 0.3) is 22.0 Å². The maximum atomic E-state index is 11.7. The predicted molar refractivity (Wildman–Crippen MR) is 127 cm³/mol. The van der Waals surface area contributed by atoms with E-state index < -0.39 is 0 Å². The first-order valence-corrected chi connectivity index (χ1v) is 11.0. The molecule has 158 valence electrons. The second-order valence-corrected chi connectivity index (χ2v) is 9.15. The van der Waals surface area contributed by atoms with E-state index in [9.17, 15) is 4.79 Å². The molecule has 4 rings (SSSR count). The third kappa shape index (κ3) is 3.42. The summed E-state index contributed by atoms with van der Waals surface area (Å²) in [7, 11) is 4.23. The minimum atomic E-state index is 0.399. The first-order valence-electron chi connectivity index (χ1n) is 10.6. The van der Waals surface area contributed by atoms with Crippen LogP contribution in [0.5, 0.6) is 0 Å². The molecule has 4 nitrogen and oxygen atoms in total. The predicted octanol–water partition coefficient (Wildman–Crippen LogP) is 5.09. The van der Waals surface area contributed by atoms with Crippen LogP contribution in [0.4, 0.5) is 5.69 Å². The largest absolute Gasteiger partial charge is 0.364 e. The zero-order valence-electron chi connectivity index (χ0n) is 18.5. The molecule has 1 aromatic heterocycles. The summed E-state index contributed by atoms with van der Waals surface area (Å²) in [6.45, 7) is 9.60. The Balaban J connectivity index is 2.04. The Morgan fingerprint density at radius 3 is 2.53 bits per heavy atom. The smallest absolute Gasteiger partial charge is 0.124 e. The number of benzene rings is 2. The van der Waals surface area contributed by atoms with E-state index in [-0.39, 0.29) is 0 Å². The lowest BCUT2D eigenvalue weighted by Crippen LogP contribution is -2.43. The number of hydrogen-bond donors (Lipinski definition) is 0. The third-order valence-corrected chi connectivity index (χ3v) is 6.63. The summed E-state index contributed by atoms with van der Waals surface area (Å²) < 4.78 is 2.46. The van der Waals surface area contributed by atoms with Gasteiger partial charge in [-0.15, -0.1) is 0 Å². The highest BCUT2D eigenvalue weighted by Gasteiger charge is 2.31. The molecule has 0 radical (unpaired) electrons. The number of carbonyl (C=O) groups excluding carboxylic acids is 1. The van der Waals surface area contributed by atoms with Crippen molar-refractivity contribution in [3.05, 3.63) is 52.2 Å². The van der Waals surface area contributed by atoms with Crippen LogP contribution in [-0.2, 0) is 17.8 Å². The lowest BCUT2D eigenvalue weighted by Gasteiger charge is -2.39. The standard InChI is InChI=1S/C25H30ClN3O/c1-16-14-22-23(19-6-8-20(26)9-7-19)21(10-13-30)18(3)24-25(22)29(16)15-17(2)28(24)12-11-27(4)5/h6-9,13-14,17H,10-12,15H2,1-5H3/t17-/m0/s1. The highest BCUT2D eigenvalue weighted by molar-refractivity contribution is 6.30. The summed E-state index contributed by atoms with van der Waals surface area (Å²) in [6, 6.07) is 10.7. The van der Waals surface area contributed by atoms with E-state index in [2.05, 4.69) is 67.4 Å². The number of aromatic nitrogens is 1. The molecule has 3 aromatic rings. The number of aryl methyl sites for hydroxylation is 1. The van der Waals surface area contributed by atoms with Crippen molar-refractivity contribution in [2.75, 3.05) is 32.1 Å². The number of anilines is 1. The summed E-state index contributed by atoms with van der Waals surface area (Å²) in [6.07, 6.45) is 1.44. The third-order valence-electron chi connectivity index (χ3n) is 6.38. The van der Waals surface area contributed by atoms with Gasteiger partial charge in [-0.1, -0.05) is 23.7 Å². The van der Waals surface area contributed by atoms with Crippen LogP contribution in [0.3, 0.4) is 0 Å². The number of halogens is 1. The topological polar surface area (TPSA) is 28.5 Å². The normalized spacial score (nSPS) is 16.0. The fraction of sp³-hybridized carbons (Fsp3) is 0.400. The van der Waals surface area contributed by atoms with Crippen molar-refractivity contribution in [1.82, 2.24) is 9.47 Å². The molecular formula is C25H30ClN3O. The maximum Gasteiger partial charge on any atom is 0.124 e. The number of rotatable bonds is 6. The minimum absolute atomic E-state index is 0.399. The van der Waals surface area contributed by atoms with Crippen molar-refractivity contribution < 1.29 is 4.79 Å². The Labute approximate surface area is 184 Å². The number of nitrogens with zero attached hydrogens (tertiary/aromatic N) is 3. The monoisotopic (exact) mass is 423 g/mol. The number of likely N-dealkylation sites (N-methyl/N-ethyl adjacent to an activating group) is 1. The van der Waals surface area contributed by atoms with E-state index in [1.54, 1.807) is 0 Å². The summed E-state index contributed by atoms with van der Waals surface area (Å²) >= 11 is 6.16. The molecular weight excluding hydrogens is 394 g/mol. The summed E-state index contributed by atoms with van der Waals surface area (Å²) in [5, 5.41) is 1.95. The molecule has 30 heavy (non-hydrogen) atoms. The molecule has 2 aromatic carbocycles. The molecule has 0 fully saturated rings. The quantitative estimate of drug-likeness (QED) is 0.517. The van der Waals surface area contributed by atoms with Gasteiger partial charge in [0.05, 0.1) is 11.2 Å². The molecule has 0 saturated carbocycles. The van der Waals surface area contributed by atoms with Gasteiger partial charge in [-0.05, 0) is 75.3 Å². The van der Waals surface area contributed by atoms with E-state index in [0.29, 0.717) is 12.5 Å². The van der Waals surface area contributed by atoms with Gasteiger partial charge in [-0.2, -0.15) is 0 Å². The average molecular weight is 424 g/mol. The van der Waals surface area contributed by atoms with E-state index in [1.165, 1.54) is 33.4 Å². The highest BCUT2D eigenvalue weighted by Crippen LogP contribution is 2.45. The van der Waals surface area contributed by atoms with E-state index in [1.807, 2.05) is 12.1 Å². The SMILES string of the molecule is Cc1c(CC=O)c(-c2ccc(Cl)cc2)c2cc(C)n3c2c1N(CCN(C)C)[C@@H](C)C3. The molecule has 0 amide bonds. The van der Waals surface area contributed by atoms with Gasteiger partial charge in [0, 0.05) is 48.2 Å². The van der Waals surface area contributed by atoms with Crippen molar-refractivity contribution in [2.24, 2.45) is 0 Å². The fourth-order valence-electron chi connectivity index (χ4n) is 4.89. The van der Waals surface area contributed by atoms with E-state index >= 15 is 0 Å². The van der Waals surface area contributed by atoms with Crippen LogP contribution in [0.2, 0.25) is 5.02 Å². The first-order chi connectivity index (χ1) is 14.3. The highest BCUT2D eigenvalue weighted by atomic mass is 35.5. The Morgan fingerprint density at radius 2 is 1.90 bits per heavy atom. The Bertz CT molecular complexity index is 1100. The van der Waals surface area contributed by atoms with Gasteiger partial charge in [-0.25, -0.2) is 0 Å². The molecule has 1 aliphatic heterocycles. The Morgan fingerprint density at radius 1 is 1.20 bits per heavy atom.